The van der Waals surface area contributed by atoms with Crippen LogP contribution in [0.3, 0.4) is 0 Å². The number of aryl methyl sites for hydroxylation is 1. The van der Waals surface area contributed by atoms with Gasteiger partial charge in [0.15, 0.2) is 5.16 Å². The van der Waals surface area contributed by atoms with E-state index in [1.54, 1.807) is 0 Å². The highest BCUT2D eigenvalue weighted by Gasteiger charge is 2.16. The van der Waals surface area contributed by atoms with Gasteiger partial charge in [-0.3, -0.25) is 9.36 Å². The standard InChI is InChI=1S/C24H21BrN4OS/c1-17-14-19(12-13-21(17)25)26-23(30)16-31-24-28-27-22(15-18-8-4-2-5-9-18)29(24)20-10-6-3-7-11-20/h2-14H,15-16H2,1H3,(H,26,30). The Balaban J connectivity index is 1.52. The third-order valence-corrected chi connectivity index (χ3v) is 6.51. The Morgan fingerprint density at radius 1 is 1.00 bits per heavy atom. The number of hydrogen-bond acceptors (Lipinski definition) is 4. The monoisotopic (exact) mass is 492 g/mol. The van der Waals surface area contributed by atoms with Crippen LogP contribution < -0.4 is 5.32 Å². The molecule has 7 heteroatoms. The molecule has 0 aliphatic heterocycles. The molecular weight excluding hydrogens is 472 g/mol. The lowest BCUT2D eigenvalue weighted by Gasteiger charge is -2.11. The number of thioether (sulfide) groups is 1. The van der Waals surface area contributed by atoms with Crippen LogP contribution >= 0.6 is 27.7 Å². The van der Waals surface area contributed by atoms with E-state index in [4.69, 9.17) is 0 Å². The summed E-state index contributed by atoms with van der Waals surface area (Å²) in [6, 6.07) is 25.9. The number of amides is 1. The van der Waals surface area contributed by atoms with Gasteiger partial charge in [-0.25, -0.2) is 0 Å². The van der Waals surface area contributed by atoms with E-state index in [-0.39, 0.29) is 11.7 Å². The number of halogens is 1. The molecule has 0 radical (unpaired) electrons. The first-order valence-corrected chi connectivity index (χ1v) is 11.6. The van der Waals surface area contributed by atoms with E-state index in [2.05, 4.69) is 43.6 Å². The molecule has 0 aliphatic rings. The van der Waals surface area contributed by atoms with Crippen molar-refractivity contribution in [3.63, 3.8) is 0 Å². The normalized spacial score (nSPS) is 10.8. The Morgan fingerprint density at radius 2 is 1.71 bits per heavy atom. The van der Waals surface area contributed by atoms with Gasteiger partial charge >= 0.3 is 0 Å². The van der Waals surface area contributed by atoms with E-state index in [0.717, 1.165) is 32.8 Å². The third kappa shape index (κ3) is 5.42. The molecule has 1 aromatic heterocycles. The zero-order chi connectivity index (χ0) is 21.6. The summed E-state index contributed by atoms with van der Waals surface area (Å²) >= 11 is 4.85. The molecular formula is C24H21BrN4OS. The van der Waals surface area contributed by atoms with Crippen LogP contribution in [0, 0.1) is 6.92 Å². The lowest BCUT2D eigenvalue weighted by atomic mass is 10.1. The van der Waals surface area contributed by atoms with Gasteiger partial charge in [0.25, 0.3) is 0 Å². The second-order valence-electron chi connectivity index (χ2n) is 7.03. The average molecular weight is 493 g/mol. The van der Waals surface area contributed by atoms with Crippen LogP contribution in [-0.2, 0) is 11.2 Å². The molecule has 1 heterocycles. The van der Waals surface area contributed by atoms with Crippen molar-refractivity contribution in [1.82, 2.24) is 14.8 Å². The zero-order valence-corrected chi connectivity index (χ0v) is 19.4. The molecule has 0 unspecified atom stereocenters. The zero-order valence-electron chi connectivity index (χ0n) is 17.0. The summed E-state index contributed by atoms with van der Waals surface area (Å²) < 4.78 is 3.04. The van der Waals surface area contributed by atoms with Gasteiger partial charge in [-0.1, -0.05) is 76.2 Å². The summed E-state index contributed by atoms with van der Waals surface area (Å²) in [5, 5.41) is 12.5. The summed E-state index contributed by atoms with van der Waals surface area (Å²) in [5.74, 6) is 0.994. The van der Waals surface area contributed by atoms with Crippen molar-refractivity contribution in [2.45, 2.75) is 18.5 Å². The minimum Gasteiger partial charge on any atom is -0.325 e. The van der Waals surface area contributed by atoms with Crippen LogP contribution in [0.5, 0.6) is 0 Å². The number of anilines is 1. The molecule has 0 saturated carbocycles. The van der Waals surface area contributed by atoms with Gasteiger partial charge in [-0.2, -0.15) is 0 Å². The highest BCUT2D eigenvalue weighted by molar-refractivity contribution is 9.10. The van der Waals surface area contributed by atoms with E-state index in [9.17, 15) is 4.79 Å². The van der Waals surface area contributed by atoms with Gasteiger partial charge in [0, 0.05) is 22.3 Å². The molecule has 0 fully saturated rings. The van der Waals surface area contributed by atoms with Crippen molar-refractivity contribution in [2.24, 2.45) is 0 Å². The van der Waals surface area contributed by atoms with Crippen LogP contribution in [0.25, 0.3) is 5.69 Å². The van der Waals surface area contributed by atoms with Crippen molar-refractivity contribution in [1.29, 1.82) is 0 Å². The SMILES string of the molecule is Cc1cc(NC(=O)CSc2nnc(Cc3ccccc3)n2-c2ccccc2)ccc1Br. The maximum atomic E-state index is 12.5. The van der Waals surface area contributed by atoms with Crippen molar-refractivity contribution in [3.8, 4) is 5.69 Å². The number of para-hydroxylation sites is 1. The first-order chi connectivity index (χ1) is 15.1. The molecule has 4 aromatic rings. The summed E-state index contributed by atoms with van der Waals surface area (Å²) in [5.41, 5.74) is 3.98. The topological polar surface area (TPSA) is 59.8 Å². The van der Waals surface area contributed by atoms with E-state index in [1.807, 2.05) is 78.2 Å². The number of carbonyl (C=O) groups excluding carboxylic acids is 1. The molecule has 1 amide bonds. The van der Waals surface area contributed by atoms with Gasteiger partial charge < -0.3 is 5.32 Å². The van der Waals surface area contributed by atoms with Crippen LogP contribution in [0.1, 0.15) is 17.0 Å². The maximum absolute atomic E-state index is 12.5. The molecule has 0 bridgehead atoms. The summed E-state index contributed by atoms with van der Waals surface area (Å²) in [6.45, 7) is 1.99. The van der Waals surface area contributed by atoms with Crippen LogP contribution in [0.2, 0.25) is 0 Å². The van der Waals surface area contributed by atoms with E-state index in [0.29, 0.717) is 11.6 Å². The Kier molecular flexibility index (Phi) is 6.84. The van der Waals surface area contributed by atoms with Crippen molar-refractivity contribution < 1.29 is 4.79 Å². The first-order valence-electron chi connectivity index (χ1n) is 9.82. The molecule has 0 spiro atoms. The van der Waals surface area contributed by atoms with Crippen LogP contribution in [-0.4, -0.2) is 26.4 Å². The molecule has 3 aromatic carbocycles. The number of benzene rings is 3. The Bertz CT molecular complexity index is 1180. The van der Waals surface area contributed by atoms with E-state index < -0.39 is 0 Å². The minimum atomic E-state index is -0.0843. The second-order valence-corrected chi connectivity index (χ2v) is 8.83. The van der Waals surface area contributed by atoms with Gasteiger partial charge in [-0.05, 0) is 48.4 Å². The highest BCUT2D eigenvalue weighted by atomic mass is 79.9. The van der Waals surface area contributed by atoms with Gasteiger partial charge in [0.05, 0.1) is 5.75 Å². The molecule has 1 N–H and O–H groups in total. The minimum absolute atomic E-state index is 0.0843. The highest BCUT2D eigenvalue weighted by Crippen LogP contribution is 2.24. The van der Waals surface area contributed by atoms with E-state index >= 15 is 0 Å². The van der Waals surface area contributed by atoms with Crippen molar-refractivity contribution >= 4 is 39.3 Å². The van der Waals surface area contributed by atoms with Crippen molar-refractivity contribution in [2.75, 3.05) is 11.1 Å². The number of nitrogens with one attached hydrogen (secondary N) is 1. The summed E-state index contributed by atoms with van der Waals surface area (Å²) in [4.78, 5) is 12.5. The Morgan fingerprint density at radius 3 is 2.42 bits per heavy atom. The molecule has 4 rings (SSSR count). The van der Waals surface area contributed by atoms with Gasteiger partial charge in [0.1, 0.15) is 5.82 Å². The first kappa shape index (κ1) is 21.3. The number of nitrogens with zero attached hydrogens (tertiary/aromatic N) is 3. The third-order valence-electron chi connectivity index (χ3n) is 4.69. The van der Waals surface area contributed by atoms with E-state index in [1.165, 1.54) is 11.8 Å². The average Bonchev–Trinajstić information content (AvgIpc) is 3.18. The predicted octanol–water partition coefficient (Wildman–Crippen LogP) is 5.66. The maximum Gasteiger partial charge on any atom is 0.234 e. The molecule has 0 saturated heterocycles. The molecule has 31 heavy (non-hydrogen) atoms. The lowest BCUT2D eigenvalue weighted by molar-refractivity contribution is -0.113. The summed E-state index contributed by atoms with van der Waals surface area (Å²) in [6.07, 6.45) is 0.660. The molecule has 0 aliphatic carbocycles. The summed E-state index contributed by atoms with van der Waals surface area (Å²) in [7, 11) is 0. The Hall–Kier alpha value is -2.90. The van der Waals surface area contributed by atoms with Crippen molar-refractivity contribution in [3.05, 3.63) is 100 Å². The number of aromatic nitrogens is 3. The number of rotatable bonds is 7. The molecule has 0 atom stereocenters. The van der Waals surface area contributed by atoms with Crippen LogP contribution in [0.15, 0.2) is 88.5 Å². The Labute approximate surface area is 194 Å². The lowest BCUT2D eigenvalue weighted by Crippen LogP contribution is -2.14. The fraction of sp³-hybridized carbons (Fsp3) is 0.125. The van der Waals surface area contributed by atoms with Gasteiger partial charge in [-0.15, -0.1) is 10.2 Å². The molecule has 5 nitrogen and oxygen atoms in total. The smallest absolute Gasteiger partial charge is 0.234 e. The quantitative estimate of drug-likeness (QED) is 0.338. The van der Waals surface area contributed by atoms with Crippen LogP contribution in [0.4, 0.5) is 5.69 Å². The fourth-order valence-electron chi connectivity index (χ4n) is 3.17. The largest absolute Gasteiger partial charge is 0.325 e. The second kappa shape index (κ2) is 9.94. The van der Waals surface area contributed by atoms with Gasteiger partial charge in [0.2, 0.25) is 5.91 Å². The number of hydrogen-bond donors (Lipinski definition) is 1. The fourth-order valence-corrected chi connectivity index (χ4v) is 4.19. The number of carbonyl (C=O) groups is 1. The molecule has 156 valence electrons. The predicted molar refractivity (Wildman–Crippen MR) is 129 cm³/mol.